The first-order valence-corrected chi connectivity index (χ1v) is 11.0. The zero-order valence-electron chi connectivity index (χ0n) is 18.3. The van der Waals surface area contributed by atoms with E-state index in [0.29, 0.717) is 17.9 Å². The summed E-state index contributed by atoms with van der Waals surface area (Å²) in [4.78, 5) is 20.2. The summed E-state index contributed by atoms with van der Waals surface area (Å²) in [6, 6.07) is 11.6. The van der Waals surface area contributed by atoms with Gasteiger partial charge in [-0.15, -0.1) is 0 Å². The third-order valence-electron chi connectivity index (χ3n) is 5.28. The maximum absolute atomic E-state index is 12.2. The van der Waals surface area contributed by atoms with Crippen molar-refractivity contribution in [3.05, 3.63) is 42.0 Å². The number of hydrogen-bond donors (Lipinski definition) is 1. The molecule has 30 heavy (non-hydrogen) atoms. The Kier molecular flexibility index (Phi) is 7.89. The summed E-state index contributed by atoms with van der Waals surface area (Å²) in [6.07, 6.45) is 8.64. The molecule has 0 atom stereocenters. The summed E-state index contributed by atoms with van der Waals surface area (Å²) in [5.41, 5.74) is 3.97. The Bertz CT molecular complexity index is 978. The number of imidazole rings is 1. The van der Waals surface area contributed by atoms with Gasteiger partial charge in [0.15, 0.2) is 11.5 Å². The van der Waals surface area contributed by atoms with Gasteiger partial charge in [-0.2, -0.15) is 0 Å². The molecule has 3 rings (SSSR count). The van der Waals surface area contributed by atoms with Crippen molar-refractivity contribution < 1.29 is 14.3 Å². The highest BCUT2D eigenvalue weighted by Gasteiger charge is 2.13. The van der Waals surface area contributed by atoms with E-state index >= 15 is 0 Å². The summed E-state index contributed by atoms with van der Waals surface area (Å²) < 4.78 is 11.0. The molecule has 1 N–H and O–H groups in total. The second-order valence-corrected chi connectivity index (χ2v) is 7.82. The molecule has 0 unspecified atom stereocenters. The Morgan fingerprint density at radius 2 is 1.73 bits per heavy atom. The number of hydrogen-bond acceptors (Lipinski definition) is 4. The molecule has 0 saturated carbocycles. The molecule has 3 aromatic rings. The molecule has 160 valence electrons. The number of ether oxygens (including phenoxy) is 2. The van der Waals surface area contributed by atoms with Crippen LogP contribution in [0.1, 0.15) is 63.9 Å². The van der Waals surface area contributed by atoms with Crippen LogP contribution < -0.4 is 9.47 Å². The van der Waals surface area contributed by atoms with Gasteiger partial charge in [-0.3, -0.25) is 4.79 Å². The average molecular weight is 409 g/mol. The number of aromatic nitrogens is 2. The van der Waals surface area contributed by atoms with Crippen molar-refractivity contribution in [2.45, 2.75) is 65.2 Å². The van der Waals surface area contributed by atoms with E-state index < -0.39 is 0 Å². The fraction of sp³-hybridized carbons (Fsp3) is 0.440. The molecule has 0 radical (unpaired) electrons. The van der Waals surface area contributed by atoms with Crippen molar-refractivity contribution in [1.82, 2.24) is 9.97 Å². The normalized spacial score (nSPS) is 11.0. The fourth-order valence-corrected chi connectivity index (χ4v) is 3.56. The smallest absolute Gasteiger partial charge is 0.311 e. The molecule has 0 aliphatic carbocycles. The van der Waals surface area contributed by atoms with Crippen LogP contribution in [0.2, 0.25) is 0 Å². The number of benzene rings is 2. The predicted molar refractivity (Wildman–Crippen MR) is 121 cm³/mol. The van der Waals surface area contributed by atoms with Gasteiger partial charge >= 0.3 is 5.97 Å². The zero-order chi connectivity index (χ0) is 21.3. The number of H-pyrrole nitrogens is 1. The molecule has 5 heteroatoms. The van der Waals surface area contributed by atoms with Crippen molar-refractivity contribution in [2.75, 3.05) is 7.11 Å². The van der Waals surface area contributed by atoms with Gasteiger partial charge in [-0.25, -0.2) is 4.98 Å². The van der Waals surface area contributed by atoms with Gasteiger partial charge in [0.1, 0.15) is 5.82 Å². The summed E-state index contributed by atoms with van der Waals surface area (Å²) in [5.74, 6) is 1.52. The molecule has 0 fully saturated rings. The van der Waals surface area contributed by atoms with Gasteiger partial charge in [0.2, 0.25) is 0 Å². The van der Waals surface area contributed by atoms with Gasteiger partial charge in [-0.05, 0) is 49.2 Å². The molecule has 0 aliphatic rings. The van der Waals surface area contributed by atoms with Crippen LogP contribution in [-0.2, 0) is 4.79 Å². The number of esters is 1. The highest BCUT2D eigenvalue weighted by molar-refractivity contribution is 5.80. The maximum Gasteiger partial charge on any atom is 0.311 e. The lowest BCUT2D eigenvalue weighted by atomic mass is 10.1. The molecule has 0 bridgehead atoms. The van der Waals surface area contributed by atoms with Crippen LogP contribution in [0, 0.1) is 6.92 Å². The molecular weight excluding hydrogens is 376 g/mol. The molecule has 1 aromatic heterocycles. The third-order valence-corrected chi connectivity index (χ3v) is 5.28. The van der Waals surface area contributed by atoms with E-state index in [9.17, 15) is 4.79 Å². The molecule has 1 heterocycles. The zero-order valence-corrected chi connectivity index (χ0v) is 18.3. The first kappa shape index (κ1) is 21.9. The van der Waals surface area contributed by atoms with Gasteiger partial charge in [-0.1, -0.05) is 51.5 Å². The van der Waals surface area contributed by atoms with Crippen LogP contribution in [0.15, 0.2) is 36.4 Å². The Morgan fingerprint density at radius 3 is 2.50 bits per heavy atom. The standard InChI is InChI=1S/C25H32N2O3/c1-4-5-6-7-8-9-10-11-24(28)30-22-15-13-19(17-23(22)29-3)25-26-20-14-12-18(2)16-21(20)27-25/h12-17H,4-11H2,1-3H3,(H,26,27). The highest BCUT2D eigenvalue weighted by atomic mass is 16.6. The predicted octanol–water partition coefficient (Wildman–Crippen LogP) is 6.59. The van der Waals surface area contributed by atoms with Gasteiger partial charge in [0, 0.05) is 12.0 Å². The molecule has 5 nitrogen and oxygen atoms in total. The van der Waals surface area contributed by atoms with Crippen molar-refractivity contribution in [3.8, 4) is 22.9 Å². The van der Waals surface area contributed by atoms with E-state index in [1.807, 2.05) is 24.3 Å². The number of aromatic amines is 1. The second kappa shape index (κ2) is 10.8. The topological polar surface area (TPSA) is 64.2 Å². The van der Waals surface area contributed by atoms with Gasteiger partial charge in [0.25, 0.3) is 0 Å². The molecule has 0 amide bonds. The minimum atomic E-state index is -0.214. The summed E-state index contributed by atoms with van der Waals surface area (Å²) in [5, 5.41) is 0. The monoisotopic (exact) mass is 408 g/mol. The number of carbonyl (C=O) groups is 1. The van der Waals surface area contributed by atoms with Crippen molar-refractivity contribution >= 4 is 17.0 Å². The van der Waals surface area contributed by atoms with Crippen LogP contribution in [0.25, 0.3) is 22.4 Å². The minimum Gasteiger partial charge on any atom is -0.493 e. The van der Waals surface area contributed by atoms with E-state index in [0.717, 1.165) is 35.3 Å². The van der Waals surface area contributed by atoms with Gasteiger partial charge < -0.3 is 14.5 Å². The number of nitrogens with one attached hydrogen (secondary N) is 1. The quantitative estimate of drug-likeness (QED) is 0.221. The van der Waals surface area contributed by atoms with E-state index in [-0.39, 0.29) is 5.97 Å². The number of carbonyl (C=O) groups excluding carboxylic acids is 1. The SMILES string of the molecule is CCCCCCCCCC(=O)Oc1ccc(-c2nc3ccc(C)cc3[nH]2)cc1OC. The number of nitrogens with zero attached hydrogens (tertiary/aromatic N) is 1. The van der Waals surface area contributed by atoms with Crippen molar-refractivity contribution in [3.63, 3.8) is 0 Å². The third kappa shape index (κ3) is 5.85. The van der Waals surface area contributed by atoms with Crippen LogP contribution in [0.5, 0.6) is 11.5 Å². The number of fused-ring (bicyclic) bond motifs is 1. The lowest BCUT2D eigenvalue weighted by molar-refractivity contribution is -0.134. The number of aryl methyl sites for hydroxylation is 1. The summed E-state index contributed by atoms with van der Waals surface area (Å²) in [7, 11) is 1.58. The fourth-order valence-electron chi connectivity index (χ4n) is 3.56. The van der Waals surface area contributed by atoms with E-state index in [4.69, 9.17) is 9.47 Å². The largest absolute Gasteiger partial charge is 0.493 e. The minimum absolute atomic E-state index is 0.214. The van der Waals surface area contributed by atoms with E-state index in [1.54, 1.807) is 13.2 Å². The highest BCUT2D eigenvalue weighted by Crippen LogP contribution is 2.32. The Balaban J connectivity index is 1.59. The summed E-state index contributed by atoms with van der Waals surface area (Å²) in [6.45, 7) is 4.27. The Labute approximate surface area is 178 Å². The van der Waals surface area contributed by atoms with Crippen LogP contribution in [-0.4, -0.2) is 23.0 Å². The van der Waals surface area contributed by atoms with Crippen LogP contribution in [0.3, 0.4) is 0 Å². The van der Waals surface area contributed by atoms with Crippen LogP contribution in [0.4, 0.5) is 0 Å². The van der Waals surface area contributed by atoms with E-state index in [1.165, 1.54) is 37.7 Å². The van der Waals surface area contributed by atoms with Gasteiger partial charge in [0.05, 0.1) is 18.1 Å². The first-order chi connectivity index (χ1) is 14.6. The molecule has 0 aliphatic heterocycles. The van der Waals surface area contributed by atoms with E-state index in [2.05, 4.69) is 29.9 Å². The summed E-state index contributed by atoms with van der Waals surface area (Å²) >= 11 is 0. The van der Waals surface area contributed by atoms with Crippen molar-refractivity contribution in [2.24, 2.45) is 0 Å². The Hall–Kier alpha value is -2.82. The first-order valence-electron chi connectivity index (χ1n) is 11.0. The molecule has 0 saturated heterocycles. The number of unbranched alkanes of at least 4 members (excludes halogenated alkanes) is 6. The number of rotatable bonds is 11. The average Bonchev–Trinajstić information content (AvgIpc) is 3.16. The molecule has 0 spiro atoms. The lowest BCUT2D eigenvalue weighted by Gasteiger charge is -2.10. The second-order valence-electron chi connectivity index (χ2n) is 7.82. The molecular formula is C25H32N2O3. The lowest BCUT2D eigenvalue weighted by Crippen LogP contribution is -2.08. The van der Waals surface area contributed by atoms with Crippen LogP contribution >= 0.6 is 0 Å². The maximum atomic E-state index is 12.2. The number of methoxy groups -OCH3 is 1. The van der Waals surface area contributed by atoms with Crippen molar-refractivity contribution in [1.29, 1.82) is 0 Å². The Morgan fingerprint density at radius 1 is 0.967 bits per heavy atom. The molecule has 2 aromatic carbocycles.